The lowest BCUT2D eigenvalue weighted by Gasteiger charge is -2.16. The van der Waals surface area contributed by atoms with E-state index in [0.717, 1.165) is 30.1 Å². The zero-order valence-corrected chi connectivity index (χ0v) is 8.90. The molecule has 0 bridgehead atoms. The molecule has 2 nitrogen and oxygen atoms in total. The van der Waals surface area contributed by atoms with Crippen LogP contribution in [0.1, 0.15) is 19.8 Å². The van der Waals surface area contributed by atoms with Gasteiger partial charge < -0.3 is 5.32 Å². The van der Waals surface area contributed by atoms with Gasteiger partial charge in [-0.2, -0.15) is 0 Å². The van der Waals surface area contributed by atoms with Gasteiger partial charge in [0.2, 0.25) is 0 Å². The Morgan fingerprint density at radius 1 is 1.46 bits per heavy atom. The highest BCUT2D eigenvalue weighted by atomic mass is 32.2. The number of hydrogen-bond donors (Lipinski definition) is 1. The Morgan fingerprint density at radius 3 is 2.85 bits per heavy atom. The van der Waals surface area contributed by atoms with Crippen LogP contribution in [0.5, 0.6) is 0 Å². The Labute approximate surface area is 83.8 Å². The van der Waals surface area contributed by atoms with E-state index in [0.29, 0.717) is 0 Å². The predicted octanol–water partition coefficient (Wildman–Crippen LogP) is 1.51. The van der Waals surface area contributed by atoms with Crippen molar-refractivity contribution in [2.24, 2.45) is 17.8 Å². The molecule has 0 aromatic heterocycles. The van der Waals surface area contributed by atoms with Crippen LogP contribution in [-0.2, 0) is 4.79 Å². The lowest BCUT2D eigenvalue weighted by Crippen LogP contribution is -2.17. The van der Waals surface area contributed by atoms with Crippen LogP contribution in [0, 0.1) is 17.8 Å². The largest absolute Gasteiger partial charge is 0.316 e. The van der Waals surface area contributed by atoms with Gasteiger partial charge in [0.25, 0.3) is 0 Å². The van der Waals surface area contributed by atoms with Gasteiger partial charge in [-0.1, -0.05) is 11.8 Å². The normalized spacial score (nSPS) is 33.6. The first kappa shape index (κ1) is 9.53. The molecule has 0 amide bonds. The molecule has 3 heteroatoms. The second-order valence-electron chi connectivity index (χ2n) is 4.22. The topological polar surface area (TPSA) is 29.1 Å². The molecule has 2 fully saturated rings. The standard InChI is InChI=1S/C10H17NOS/c1-7(12)13-6-9-4-11-5-10(9)8-2-3-8/h8-11H,2-6H2,1H3. The molecule has 1 aliphatic heterocycles. The van der Waals surface area contributed by atoms with Crippen molar-refractivity contribution in [2.75, 3.05) is 18.8 Å². The third-order valence-electron chi connectivity index (χ3n) is 3.12. The van der Waals surface area contributed by atoms with Crippen molar-refractivity contribution in [3.05, 3.63) is 0 Å². The fraction of sp³-hybridized carbons (Fsp3) is 0.900. The van der Waals surface area contributed by atoms with E-state index < -0.39 is 0 Å². The molecule has 2 aliphatic rings. The number of thioether (sulfide) groups is 1. The molecule has 0 radical (unpaired) electrons. The van der Waals surface area contributed by atoms with E-state index in [4.69, 9.17) is 0 Å². The molecule has 2 atom stereocenters. The van der Waals surface area contributed by atoms with Crippen molar-refractivity contribution in [2.45, 2.75) is 19.8 Å². The molecule has 1 saturated carbocycles. The number of carbonyl (C=O) groups is 1. The summed E-state index contributed by atoms with van der Waals surface area (Å²) in [6, 6.07) is 0. The first-order chi connectivity index (χ1) is 6.27. The Bertz CT molecular complexity index is 203. The van der Waals surface area contributed by atoms with Crippen LogP contribution in [-0.4, -0.2) is 24.0 Å². The SMILES string of the molecule is CC(=O)SCC1CNCC1C1CC1. The molecule has 1 N–H and O–H groups in total. The van der Waals surface area contributed by atoms with E-state index in [1.807, 2.05) is 0 Å². The molecular formula is C10H17NOS. The summed E-state index contributed by atoms with van der Waals surface area (Å²) >= 11 is 1.50. The summed E-state index contributed by atoms with van der Waals surface area (Å²) in [4.78, 5) is 10.8. The maximum atomic E-state index is 10.8. The Balaban J connectivity index is 1.79. The summed E-state index contributed by atoms with van der Waals surface area (Å²) in [5.74, 6) is 3.63. The number of rotatable bonds is 3. The maximum absolute atomic E-state index is 10.8. The first-order valence-electron chi connectivity index (χ1n) is 5.11. The highest BCUT2D eigenvalue weighted by Crippen LogP contribution is 2.42. The molecule has 1 heterocycles. The summed E-state index contributed by atoms with van der Waals surface area (Å²) < 4.78 is 0. The van der Waals surface area contributed by atoms with Crippen LogP contribution in [0.15, 0.2) is 0 Å². The van der Waals surface area contributed by atoms with Crippen LogP contribution in [0.3, 0.4) is 0 Å². The van der Waals surface area contributed by atoms with Gasteiger partial charge in [-0.3, -0.25) is 4.79 Å². The molecule has 0 aromatic carbocycles. The molecule has 1 saturated heterocycles. The summed E-state index contributed by atoms with van der Waals surface area (Å²) in [6.07, 6.45) is 2.85. The van der Waals surface area contributed by atoms with Gasteiger partial charge in [0, 0.05) is 12.7 Å². The minimum absolute atomic E-state index is 0.265. The molecule has 0 spiro atoms. The van der Waals surface area contributed by atoms with E-state index in [2.05, 4.69) is 5.32 Å². The van der Waals surface area contributed by atoms with Crippen molar-refractivity contribution in [1.82, 2.24) is 5.32 Å². The zero-order chi connectivity index (χ0) is 9.26. The Morgan fingerprint density at radius 2 is 2.23 bits per heavy atom. The predicted molar refractivity (Wildman–Crippen MR) is 55.7 cm³/mol. The van der Waals surface area contributed by atoms with Gasteiger partial charge in [-0.15, -0.1) is 0 Å². The average molecular weight is 199 g/mol. The monoisotopic (exact) mass is 199 g/mol. The molecule has 1 aliphatic carbocycles. The summed E-state index contributed by atoms with van der Waals surface area (Å²) in [6.45, 7) is 3.98. The fourth-order valence-electron chi connectivity index (χ4n) is 2.24. The zero-order valence-electron chi connectivity index (χ0n) is 8.08. The van der Waals surface area contributed by atoms with Crippen molar-refractivity contribution in [3.8, 4) is 0 Å². The third kappa shape index (κ3) is 2.47. The van der Waals surface area contributed by atoms with Crippen molar-refractivity contribution < 1.29 is 4.79 Å². The van der Waals surface area contributed by atoms with E-state index >= 15 is 0 Å². The second kappa shape index (κ2) is 4.01. The number of carbonyl (C=O) groups excluding carboxylic acids is 1. The highest BCUT2D eigenvalue weighted by molar-refractivity contribution is 8.13. The van der Waals surface area contributed by atoms with Crippen LogP contribution in [0.25, 0.3) is 0 Å². The van der Waals surface area contributed by atoms with Gasteiger partial charge in [-0.25, -0.2) is 0 Å². The van der Waals surface area contributed by atoms with Crippen LogP contribution >= 0.6 is 11.8 Å². The minimum atomic E-state index is 0.265. The summed E-state index contributed by atoms with van der Waals surface area (Å²) in [7, 11) is 0. The maximum Gasteiger partial charge on any atom is 0.185 e. The Kier molecular flexibility index (Phi) is 2.94. The lowest BCUT2D eigenvalue weighted by molar-refractivity contribution is -0.109. The molecule has 0 aromatic rings. The van der Waals surface area contributed by atoms with Crippen molar-refractivity contribution in [1.29, 1.82) is 0 Å². The summed E-state index contributed by atoms with van der Waals surface area (Å²) in [5, 5.41) is 3.71. The quantitative estimate of drug-likeness (QED) is 0.747. The molecule has 13 heavy (non-hydrogen) atoms. The van der Waals surface area contributed by atoms with Gasteiger partial charge in [0.1, 0.15) is 0 Å². The van der Waals surface area contributed by atoms with Gasteiger partial charge in [0.05, 0.1) is 0 Å². The third-order valence-corrected chi connectivity index (χ3v) is 4.12. The van der Waals surface area contributed by atoms with Gasteiger partial charge in [0.15, 0.2) is 5.12 Å². The van der Waals surface area contributed by atoms with Gasteiger partial charge >= 0.3 is 0 Å². The molecule has 2 rings (SSSR count). The average Bonchev–Trinajstić information content (AvgIpc) is 2.82. The van der Waals surface area contributed by atoms with Crippen LogP contribution in [0.2, 0.25) is 0 Å². The second-order valence-corrected chi connectivity index (χ2v) is 5.42. The lowest BCUT2D eigenvalue weighted by atomic mass is 9.93. The van der Waals surface area contributed by atoms with E-state index in [-0.39, 0.29) is 5.12 Å². The summed E-state index contributed by atoms with van der Waals surface area (Å²) in [5.41, 5.74) is 0. The number of hydrogen-bond acceptors (Lipinski definition) is 3. The minimum Gasteiger partial charge on any atom is -0.316 e. The van der Waals surface area contributed by atoms with E-state index in [1.54, 1.807) is 6.92 Å². The fourth-order valence-corrected chi connectivity index (χ4v) is 3.05. The smallest absolute Gasteiger partial charge is 0.185 e. The Hall–Kier alpha value is -0.0200. The molecule has 74 valence electrons. The van der Waals surface area contributed by atoms with E-state index in [1.165, 1.54) is 31.1 Å². The van der Waals surface area contributed by atoms with Crippen molar-refractivity contribution in [3.63, 3.8) is 0 Å². The highest BCUT2D eigenvalue weighted by Gasteiger charge is 2.39. The van der Waals surface area contributed by atoms with E-state index in [9.17, 15) is 4.79 Å². The van der Waals surface area contributed by atoms with Crippen molar-refractivity contribution >= 4 is 16.9 Å². The van der Waals surface area contributed by atoms with Crippen LogP contribution < -0.4 is 5.32 Å². The number of nitrogens with one attached hydrogen (secondary N) is 1. The molecular weight excluding hydrogens is 182 g/mol. The van der Waals surface area contributed by atoms with Crippen LogP contribution in [0.4, 0.5) is 0 Å². The molecule has 2 unspecified atom stereocenters. The first-order valence-corrected chi connectivity index (χ1v) is 6.10. The van der Waals surface area contributed by atoms with Gasteiger partial charge in [-0.05, 0) is 43.7 Å².